The maximum absolute atomic E-state index is 12.0. The summed E-state index contributed by atoms with van der Waals surface area (Å²) in [5.41, 5.74) is 5.50. The van der Waals surface area contributed by atoms with Crippen LogP contribution in [0.5, 0.6) is 0 Å². The molecule has 0 aromatic heterocycles. The first-order chi connectivity index (χ1) is 8.42. The summed E-state index contributed by atoms with van der Waals surface area (Å²) in [5.74, 6) is -0.0305. The van der Waals surface area contributed by atoms with Crippen molar-refractivity contribution in [1.29, 1.82) is 0 Å². The number of carbonyl (C=O) groups excluding carboxylic acids is 2. The number of amides is 2. The van der Waals surface area contributed by atoms with Crippen LogP contribution in [0.2, 0.25) is 0 Å². The molecule has 0 saturated heterocycles. The van der Waals surface area contributed by atoms with Gasteiger partial charge >= 0.3 is 0 Å². The summed E-state index contributed by atoms with van der Waals surface area (Å²) in [6, 6.07) is 0. The second kappa shape index (κ2) is 8.88. The molecule has 0 bridgehead atoms. The van der Waals surface area contributed by atoms with Gasteiger partial charge in [0.15, 0.2) is 0 Å². The standard InChI is InChI=1S/C12H25N3O3/c1-10(8-13)7-11(16)15(5-6-18-4)9-12(17)14(2)3/h10H,5-9,13H2,1-4H3. The molecule has 0 rings (SSSR count). The van der Waals surface area contributed by atoms with E-state index < -0.39 is 0 Å². The van der Waals surface area contributed by atoms with Crippen LogP contribution in [-0.2, 0) is 14.3 Å². The van der Waals surface area contributed by atoms with E-state index in [0.717, 1.165) is 0 Å². The minimum Gasteiger partial charge on any atom is -0.383 e. The van der Waals surface area contributed by atoms with Crippen molar-refractivity contribution in [2.75, 3.05) is 47.4 Å². The molecule has 6 nitrogen and oxygen atoms in total. The molecule has 0 spiro atoms. The van der Waals surface area contributed by atoms with Gasteiger partial charge in [-0.2, -0.15) is 0 Å². The number of ether oxygens (including phenoxy) is 1. The van der Waals surface area contributed by atoms with Crippen LogP contribution in [0.1, 0.15) is 13.3 Å². The second-order valence-electron chi connectivity index (χ2n) is 4.64. The predicted molar refractivity (Wildman–Crippen MR) is 70.0 cm³/mol. The largest absolute Gasteiger partial charge is 0.383 e. The van der Waals surface area contributed by atoms with Crippen LogP contribution in [0.4, 0.5) is 0 Å². The Hall–Kier alpha value is -1.14. The number of nitrogens with zero attached hydrogens (tertiary/aromatic N) is 2. The molecule has 1 unspecified atom stereocenters. The molecular formula is C12H25N3O3. The van der Waals surface area contributed by atoms with Crippen molar-refractivity contribution >= 4 is 11.8 Å². The lowest BCUT2D eigenvalue weighted by molar-refractivity contribution is -0.140. The number of hydrogen-bond donors (Lipinski definition) is 1. The highest BCUT2D eigenvalue weighted by Crippen LogP contribution is 2.04. The number of likely N-dealkylation sites (N-methyl/N-ethyl adjacent to an activating group) is 1. The van der Waals surface area contributed by atoms with Gasteiger partial charge in [0.05, 0.1) is 13.2 Å². The zero-order valence-corrected chi connectivity index (χ0v) is 11.8. The Morgan fingerprint density at radius 2 is 1.89 bits per heavy atom. The molecule has 0 aromatic carbocycles. The third-order valence-corrected chi connectivity index (χ3v) is 2.67. The van der Waals surface area contributed by atoms with Crippen LogP contribution < -0.4 is 5.73 Å². The molecule has 0 aliphatic heterocycles. The highest BCUT2D eigenvalue weighted by atomic mass is 16.5. The molecule has 18 heavy (non-hydrogen) atoms. The lowest BCUT2D eigenvalue weighted by Crippen LogP contribution is -2.42. The summed E-state index contributed by atoms with van der Waals surface area (Å²) in [7, 11) is 4.91. The average molecular weight is 259 g/mol. The molecule has 1 atom stereocenters. The van der Waals surface area contributed by atoms with E-state index in [2.05, 4.69) is 0 Å². The van der Waals surface area contributed by atoms with Gasteiger partial charge in [0.25, 0.3) is 0 Å². The molecule has 2 N–H and O–H groups in total. The summed E-state index contributed by atoms with van der Waals surface area (Å²) in [6.45, 7) is 3.31. The number of nitrogens with two attached hydrogens (primary N) is 1. The monoisotopic (exact) mass is 259 g/mol. The molecule has 0 aliphatic carbocycles. The Morgan fingerprint density at radius 1 is 1.28 bits per heavy atom. The van der Waals surface area contributed by atoms with Gasteiger partial charge in [0.2, 0.25) is 11.8 Å². The van der Waals surface area contributed by atoms with E-state index in [0.29, 0.717) is 26.1 Å². The molecule has 6 heteroatoms. The smallest absolute Gasteiger partial charge is 0.241 e. The lowest BCUT2D eigenvalue weighted by atomic mass is 10.1. The van der Waals surface area contributed by atoms with Crippen LogP contribution in [0.25, 0.3) is 0 Å². The minimum absolute atomic E-state index is 0.0554. The average Bonchev–Trinajstić information content (AvgIpc) is 2.33. The summed E-state index contributed by atoms with van der Waals surface area (Å²) < 4.78 is 4.95. The zero-order valence-electron chi connectivity index (χ0n) is 11.8. The van der Waals surface area contributed by atoms with Crippen molar-refractivity contribution < 1.29 is 14.3 Å². The van der Waals surface area contributed by atoms with E-state index >= 15 is 0 Å². The number of hydrogen-bond acceptors (Lipinski definition) is 4. The van der Waals surface area contributed by atoms with Crippen LogP contribution in [0.3, 0.4) is 0 Å². The van der Waals surface area contributed by atoms with Crippen LogP contribution in [-0.4, -0.2) is 69.1 Å². The molecular weight excluding hydrogens is 234 g/mol. The summed E-state index contributed by atoms with van der Waals surface area (Å²) in [4.78, 5) is 26.7. The molecule has 2 amide bonds. The van der Waals surface area contributed by atoms with Crippen LogP contribution >= 0.6 is 0 Å². The Labute approximate surface area is 109 Å². The summed E-state index contributed by atoms with van der Waals surface area (Å²) >= 11 is 0. The van der Waals surface area contributed by atoms with E-state index in [1.54, 1.807) is 21.2 Å². The first-order valence-electron chi connectivity index (χ1n) is 6.09. The normalized spacial score (nSPS) is 12.1. The second-order valence-corrected chi connectivity index (χ2v) is 4.64. The van der Waals surface area contributed by atoms with Crippen molar-refractivity contribution in [1.82, 2.24) is 9.80 Å². The number of rotatable bonds is 8. The van der Waals surface area contributed by atoms with Crippen molar-refractivity contribution in [2.45, 2.75) is 13.3 Å². The topological polar surface area (TPSA) is 75.9 Å². The fraction of sp³-hybridized carbons (Fsp3) is 0.833. The first kappa shape index (κ1) is 16.9. The van der Waals surface area contributed by atoms with Gasteiger partial charge in [-0.05, 0) is 12.5 Å². The Balaban J connectivity index is 4.46. The molecule has 0 saturated carbocycles. The van der Waals surface area contributed by atoms with Crippen molar-refractivity contribution in [3.8, 4) is 0 Å². The molecule has 0 fully saturated rings. The summed E-state index contributed by atoms with van der Waals surface area (Å²) in [5, 5.41) is 0. The quantitative estimate of drug-likeness (QED) is 0.639. The van der Waals surface area contributed by atoms with Gasteiger partial charge < -0.3 is 20.3 Å². The highest BCUT2D eigenvalue weighted by molar-refractivity contribution is 5.84. The van der Waals surface area contributed by atoms with E-state index in [9.17, 15) is 9.59 Å². The van der Waals surface area contributed by atoms with Crippen LogP contribution in [0.15, 0.2) is 0 Å². The molecule has 0 aliphatic rings. The lowest BCUT2D eigenvalue weighted by Gasteiger charge is -2.24. The van der Waals surface area contributed by atoms with Gasteiger partial charge in [-0.3, -0.25) is 9.59 Å². The van der Waals surface area contributed by atoms with Gasteiger partial charge in [0, 0.05) is 34.2 Å². The zero-order chi connectivity index (χ0) is 14.1. The van der Waals surface area contributed by atoms with Gasteiger partial charge in [-0.1, -0.05) is 6.92 Å². The predicted octanol–water partition coefficient (Wildman–Crippen LogP) is -0.465. The Bertz CT molecular complexity index is 269. The third-order valence-electron chi connectivity index (χ3n) is 2.67. The van der Waals surface area contributed by atoms with Gasteiger partial charge in [0.1, 0.15) is 0 Å². The maximum atomic E-state index is 12.0. The van der Waals surface area contributed by atoms with E-state index in [-0.39, 0.29) is 24.3 Å². The number of methoxy groups -OCH3 is 1. The molecule has 106 valence electrons. The van der Waals surface area contributed by atoms with E-state index in [1.807, 2.05) is 6.92 Å². The molecule has 0 aromatic rings. The van der Waals surface area contributed by atoms with Crippen LogP contribution in [0, 0.1) is 5.92 Å². The summed E-state index contributed by atoms with van der Waals surface area (Å²) in [6.07, 6.45) is 0.362. The highest BCUT2D eigenvalue weighted by Gasteiger charge is 2.19. The first-order valence-corrected chi connectivity index (χ1v) is 6.09. The fourth-order valence-corrected chi connectivity index (χ4v) is 1.31. The SMILES string of the molecule is COCCN(CC(=O)N(C)C)C(=O)CC(C)CN. The van der Waals surface area contributed by atoms with Gasteiger partial charge in [-0.15, -0.1) is 0 Å². The van der Waals surface area contributed by atoms with Gasteiger partial charge in [-0.25, -0.2) is 0 Å². The van der Waals surface area contributed by atoms with Crippen molar-refractivity contribution in [2.24, 2.45) is 11.7 Å². The van der Waals surface area contributed by atoms with E-state index in [4.69, 9.17) is 10.5 Å². The van der Waals surface area contributed by atoms with Crippen molar-refractivity contribution in [3.05, 3.63) is 0 Å². The molecule has 0 radical (unpaired) electrons. The third kappa shape index (κ3) is 6.56. The Morgan fingerprint density at radius 3 is 2.33 bits per heavy atom. The molecule has 0 heterocycles. The Kier molecular flexibility index (Phi) is 8.32. The van der Waals surface area contributed by atoms with E-state index in [1.165, 1.54) is 9.80 Å². The maximum Gasteiger partial charge on any atom is 0.241 e. The minimum atomic E-state index is -0.0974. The number of carbonyl (C=O) groups is 2. The fourth-order valence-electron chi connectivity index (χ4n) is 1.31. The van der Waals surface area contributed by atoms with Crippen molar-refractivity contribution in [3.63, 3.8) is 0 Å².